The van der Waals surface area contributed by atoms with Gasteiger partial charge < -0.3 is 9.47 Å². The second-order valence-corrected chi connectivity index (χ2v) is 5.82. The molecule has 0 aromatic rings. The Kier molecular flexibility index (Phi) is 5.33. The van der Waals surface area contributed by atoms with Crippen LogP contribution in [0.25, 0.3) is 0 Å². The van der Waals surface area contributed by atoms with Crippen molar-refractivity contribution >= 4 is 0 Å². The molecule has 0 amide bonds. The lowest BCUT2D eigenvalue weighted by molar-refractivity contribution is 0.0103. The molecule has 4 unspecified atom stereocenters. The van der Waals surface area contributed by atoms with E-state index in [-0.39, 0.29) is 12.2 Å². The monoisotopic (exact) mass is 262 g/mol. The molecular formula is C15H22N2O2. The fourth-order valence-corrected chi connectivity index (χ4v) is 3.72. The summed E-state index contributed by atoms with van der Waals surface area (Å²) in [4.78, 5) is 0. The maximum Gasteiger partial charge on any atom is 0.286 e. The molecule has 4 nitrogen and oxygen atoms in total. The van der Waals surface area contributed by atoms with Crippen molar-refractivity contribution in [3.05, 3.63) is 0 Å². The highest BCUT2D eigenvalue weighted by molar-refractivity contribution is 4.85. The number of nitriles is 2. The number of hydrogen-bond acceptors (Lipinski definition) is 4. The van der Waals surface area contributed by atoms with Crippen molar-refractivity contribution in [1.29, 1.82) is 10.5 Å². The molecule has 0 aromatic carbocycles. The molecule has 2 aliphatic carbocycles. The van der Waals surface area contributed by atoms with Crippen LogP contribution >= 0.6 is 0 Å². The summed E-state index contributed by atoms with van der Waals surface area (Å²) >= 11 is 0. The van der Waals surface area contributed by atoms with Gasteiger partial charge >= 0.3 is 0 Å². The third-order valence-electron chi connectivity index (χ3n) is 4.69. The molecule has 0 bridgehead atoms. The lowest BCUT2D eigenvalue weighted by Crippen LogP contribution is -2.33. The van der Waals surface area contributed by atoms with Gasteiger partial charge in [0.25, 0.3) is 12.5 Å². The van der Waals surface area contributed by atoms with E-state index in [0.29, 0.717) is 11.8 Å². The highest BCUT2D eigenvalue weighted by atomic mass is 16.5. The van der Waals surface area contributed by atoms with Crippen LogP contribution in [0, 0.1) is 34.9 Å². The molecule has 2 aliphatic rings. The average molecular weight is 262 g/mol. The molecule has 2 fully saturated rings. The minimum Gasteiger partial charge on any atom is -0.424 e. The van der Waals surface area contributed by atoms with Gasteiger partial charge in [0, 0.05) is 0 Å². The van der Waals surface area contributed by atoms with Crippen molar-refractivity contribution in [2.24, 2.45) is 11.8 Å². The summed E-state index contributed by atoms with van der Waals surface area (Å²) in [7, 11) is 0. The summed E-state index contributed by atoms with van der Waals surface area (Å²) in [5.74, 6) is 0.919. The molecule has 2 rings (SSSR count). The van der Waals surface area contributed by atoms with Crippen LogP contribution in [0.4, 0.5) is 0 Å². The molecule has 0 aromatic heterocycles. The van der Waals surface area contributed by atoms with Crippen molar-refractivity contribution in [3.63, 3.8) is 0 Å². The minimum absolute atomic E-state index is 0.0865. The molecule has 19 heavy (non-hydrogen) atoms. The Morgan fingerprint density at radius 3 is 1.58 bits per heavy atom. The number of hydrogen-bond donors (Lipinski definition) is 0. The van der Waals surface area contributed by atoms with Crippen molar-refractivity contribution in [2.75, 3.05) is 0 Å². The van der Waals surface area contributed by atoms with E-state index in [4.69, 9.17) is 20.0 Å². The summed E-state index contributed by atoms with van der Waals surface area (Å²) in [6.45, 7) is 0. The SMILES string of the molecule is N#COC1CCCCC1CC1CCCCC1OC#N. The molecule has 0 saturated heterocycles. The van der Waals surface area contributed by atoms with Crippen LogP contribution in [0.3, 0.4) is 0 Å². The van der Waals surface area contributed by atoms with Crippen LogP contribution in [-0.4, -0.2) is 12.2 Å². The van der Waals surface area contributed by atoms with Crippen molar-refractivity contribution in [1.82, 2.24) is 0 Å². The summed E-state index contributed by atoms with van der Waals surface area (Å²) in [6, 6.07) is 0. The van der Waals surface area contributed by atoms with E-state index in [1.807, 2.05) is 12.5 Å². The first-order chi connectivity index (χ1) is 9.35. The van der Waals surface area contributed by atoms with E-state index in [9.17, 15) is 0 Å². The molecular weight excluding hydrogens is 240 g/mol. The van der Waals surface area contributed by atoms with Gasteiger partial charge in [-0.1, -0.05) is 12.8 Å². The predicted molar refractivity (Wildman–Crippen MR) is 69.5 cm³/mol. The van der Waals surface area contributed by atoms with Gasteiger partial charge in [-0.3, -0.25) is 0 Å². The fourth-order valence-electron chi connectivity index (χ4n) is 3.72. The van der Waals surface area contributed by atoms with E-state index < -0.39 is 0 Å². The fraction of sp³-hybridized carbons (Fsp3) is 0.867. The Morgan fingerprint density at radius 2 is 1.16 bits per heavy atom. The van der Waals surface area contributed by atoms with Crippen LogP contribution in [0.1, 0.15) is 57.8 Å². The van der Waals surface area contributed by atoms with Gasteiger partial charge in [-0.05, 0) is 56.8 Å². The molecule has 4 heteroatoms. The van der Waals surface area contributed by atoms with Crippen LogP contribution < -0.4 is 0 Å². The first-order valence-electron chi connectivity index (χ1n) is 7.44. The lowest BCUT2D eigenvalue weighted by Gasteiger charge is -2.36. The lowest BCUT2D eigenvalue weighted by atomic mass is 9.75. The summed E-state index contributed by atoms with van der Waals surface area (Å²) in [5.41, 5.74) is 0. The molecule has 4 atom stereocenters. The first-order valence-corrected chi connectivity index (χ1v) is 7.44. The zero-order valence-corrected chi connectivity index (χ0v) is 11.4. The Balaban J connectivity index is 1.93. The smallest absolute Gasteiger partial charge is 0.286 e. The van der Waals surface area contributed by atoms with Crippen LogP contribution in [0.2, 0.25) is 0 Å². The zero-order chi connectivity index (χ0) is 13.5. The van der Waals surface area contributed by atoms with E-state index in [1.54, 1.807) is 0 Å². The van der Waals surface area contributed by atoms with Gasteiger partial charge in [0.15, 0.2) is 0 Å². The maximum atomic E-state index is 8.74. The zero-order valence-electron chi connectivity index (χ0n) is 11.4. The summed E-state index contributed by atoms with van der Waals surface area (Å²) in [6.07, 6.45) is 14.0. The van der Waals surface area contributed by atoms with Gasteiger partial charge in [-0.25, -0.2) is 0 Å². The van der Waals surface area contributed by atoms with Crippen LogP contribution in [0.5, 0.6) is 0 Å². The molecule has 0 aliphatic heterocycles. The molecule has 0 spiro atoms. The summed E-state index contributed by atoms with van der Waals surface area (Å²) in [5, 5.41) is 17.5. The quantitative estimate of drug-likeness (QED) is 0.727. The number of ether oxygens (including phenoxy) is 2. The maximum absolute atomic E-state index is 8.74. The van der Waals surface area contributed by atoms with Gasteiger partial charge in [0.1, 0.15) is 12.2 Å². The van der Waals surface area contributed by atoms with E-state index >= 15 is 0 Å². The molecule has 0 N–H and O–H groups in total. The highest BCUT2D eigenvalue weighted by Crippen LogP contribution is 2.37. The van der Waals surface area contributed by atoms with Gasteiger partial charge in [-0.2, -0.15) is 10.5 Å². The van der Waals surface area contributed by atoms with Crippen LogP contribution in [-0.2, 0) is 9.47 Å². The van der Waals surface area contributed by atoms with Crippen molar-refractivity contribution < 1.29 is 9.47 Å². The Bertz CT molecular complexity index is 324. The highest BCUT2D eigenvalue weighted by Gasteiger charge is 2.34. The standard InChI is InChI=1S/C15H22N2O2/c16-10-18-14-7-3-1-5-12(14)9-13-6-2-4-8-15(13)19-11-17/h12-15H,1-9H2. The third-order valence-corrected chi connectivity index (χ3v) is 4.69. The van der Waals surface area contributed by atoms with E-state index in [0.717, 1.165) is 44.9 Å². The average Bonchev–Trinajstić information content (AvgIpc) is 2.44. The topological polar surface area (TPSA) is 66.0 Å². The largest absolute Gasteiger partial charge is 0.424 e. The number of rotatable bonds is 4. The van der Waals surface area contributed by atoms with Gasteiger partial charge in [-0.15, -0.1) is 0 Å². The van der Waals surface area contributed by atoms with Crippen molar-refractivity contribution in [3.8, 4) is 12.5 Å². The first kappa shape index (κ1) is 14.0. The van der Waals surface area contributed by atoms with Gasteiger partial charge in [0.05, 0.1) is 0 Å². The minimum atomic E-state index is 0.0865. The van der Waals surface area contributed by atoms with E-state index in [2.05, 4.69) is 0 Å². The molecule has 2 saturated carbocycles. The predicted octanol–water partition coefficient (Wildman–Crippen LogP) is 3.49. The molecule has 0 radical (unpaired) electrons. The van der Waals surface area contributed by atoms with E-state index in [1.165, 1.54) is 12.8 Å². The van der Waals surface area contributed by atoms with Crippen molar-refractivity contribution in [2.45, 2.75) is 70.0 Å². The number of nitrogens with zero attached hydrogens (tertiary/aromatic N) is 2. The summed E-state index contributed by atoms with van der Waals surface area (Å²) < 4.78 is 10.5. The Labute approximate surface area is 115 Å². The normalized spacial score (nSPS) is 34.8. The van der Waals surface area contributed by atoms with Gasteiger partial charge in [0.2, 0.25) is 0 Å². The molecule has 0 heterocycles. The molecule has 104 valence electrons. The Hall–Kier alpha value is -1.42. The Morgan fingerprint density at radius 1 is 0.737 bits per heavy atom. The third kappa shape index (κ3) is 3.77. The van der Waals surface area contributed by atoms with Crippen LogP contribution in [0.15, 0.2) is 0 Å². The second-order valence-electron chi connectivity index (χ2n) is 5.82. The second kappa shape index (κ2) is 7.24.